The fourth-order valence-electron chi connectivity index (χ4n) is 3.98. The number of rotatable bonds is 12. The summed E-state index contributed by atoms with van der Waals surface area (Å²) >= 11 is 0. The maximum atomic E-state index is 13.4. The molecule has 2 atom stereocenters. The molecule has 224 valence electrons. The highest BCUT2D eigenvalue weighted by atomic mass is 19.4. The van der Waals surface area contributed by atoms with E-state index in [1.165, 1.54) is 13.8 Å². The van der Waals surface area contributed by atoms with E-state index in [9.17, 15) is 56.2 Å². The van der Waals surface area contributed by atoms with Gasteiger partial charge in [-0.25, -0.2) is 0 Å². The van der Waals surface area contributed by atoms with Gasteiger partial charge in [-0.15, -0.1) is 0 Å². The molecule has 0 aliphatic rings. The van der Waals surface area contributed by atoms with E-state index in [2.05, 4.69) is 10.6 Å². The van der Waals surface area contributed by atoms with Crippen molar-refractivity contribution in [3.8, 4) is 0 Å². The minimum Gasteiger partial charge on any atom is -0.355 e. The van der Waals surface area contributed by atoms with Gasteiger partial charge in [0, 0.05) is 37.4 Å². The number of nitro groups is 2. The molecule has 2 aromatic rings. The third-order valence-electron chi connectivity index (χ3n) is 5.97. The molecule has 2 N–H and O–H groups in total. The van der Waals surface area contributed by atoms with Gasteiger partial charge in [0.1, 0.15) is 6.42 Å². The van der Waals surface area contributed by atoms with Gasteiger partial charge in [0.15, 0.2) is 0 Å². The number of non-ortho nitro benzene ring substituents is 2. The summed E-state index contributed by atoms with van der Waals surface area (Å²) in [4.78, 5) is 44.0. The van der Waals surface area contributed by atoms with Gasteiger partial charge in [-0.1, -0.05) is 26.0 Å². The first kappa shape index (κ1) is 33.0. The van der Waals surface area contributed by atoms with Crippen LogP contribution in [0.25, 0.3) is 0 Å². The summed E-state index contributed by atoms with van der Waals surface area (Å²) in [6, 6.07) is 4.79. The van der Waals surface area contributed by atoms with Crippen LogP contribution in [-0.2, 0) is 34.8 Å². The summed E-state index contributed by atoms with van der Waals surface area (Å²) in [7, 11) is 0. The summed E-state index contributed by atoms with van der Waals surface area (Å²) in [5.74, 6) is -2.55. The summed E-state index contributed by atoms with van der Waals surface area (Å²) in [5, 5.41) is 26.5. The fraction of sp³-hybridized carbons (Fsp3) is 0.440. The van der Waals surface area contributed by atoms with Gasteiger partial charge >= 0.3 is 12.4 Å². The molecule has 0 saturated heterocycles. The van der Waals surface area contributed by atoms with Crippen LogP contribution < -0.4 is 10.6 Å². The van der Waals surface area contributed by atoms with Crippen molar-refractivity contribution in [1.82, 2.24) is 10.6 Å². The monoisotopic (exact) mass is 592 g/mol. The molecule has 0 spiro atoms. The zero-order chi connectivity index (χ0) is 31.1. The maximum absolute atomic E-state index is 13.4. The maximum Gasteiger partial charge on any atom is 0.416 e. The molecule has 16 heteroatoms. The van der Waals surface area contributed by atoms with Crippen molar-refractivity contribution in [1.29, 1.82) is 0 Å². The number of carbonyl (C=O) groups excluding carboxylic acids is 2. The Bertz CT molecular complexity index is 1200. The Hall–Kier alpha value is -4.24. The molecule has 0 aromatic heterocycles. The van der Waals surface area contributed by atoms with Gasteiger partial charge in [-0.05, 0) is 35.8 Å². The van der Waals surface area contributed by atoms with Gasteiger partial charge in [-0.2, -0.15) is 26.3 Å². The first-order valence-corrected chi connectivity index (χ1v) is 12.1. The lowest BCUT2D eigenvalue weighted by molar-refractivity contribution is -0.385. The summed E-state index contributed by atoms with van der Waals surface area (Å²) in [6.07, 6.45) is -10.6. The molecular weight excluding hydrogens is 566 g/mol. The number of nitrogens with one attached hydrogen (secondary N) is 2. The lowest BCUT2D eigenvalue weighted by Crippen LogP contribution is -2.36. The Morgan fingerprint density at radius 2 is 1.07 bits per heavy atom. The Kier molecular flexibility index (Phi) is 10.8. The van der Waals surface area contributed by atoms with Crippen LogP contribution in [0.4, 0.5) is 37.7 Å². The zero-order valence-electron chi connectivity index (χ0n) is 21.8. The fourth-order valence-corrected chi connectivity index (χ4v) is 3.98. The number of amides is 2. The van der Waals surface area contributed by atoms with E-state index in [0.717, 1.165) is 24.3 Å². The van der Waals surface area contributed by atoms with E-state index < -0.39 is 74.8 Å². The molecule has 0 aliphatic heterocycles. The van der Waals surface area contributed by atoms with Crippen LogP contribution in [-0.4, -0.2) is 34.8 Å². The minimum atomic E-state index is -4.83. The Balaban J connectivity index is 1.87. The van der Waals surface area contributed by atoms with Gasteiger partial charge < -0.3 is 10.6 Å². The summed E-state index contributed by atoms with van der Waals surface area (Å²) < 4.78 is 80.1. The van der Waals surface area contributed by atoms with E-state index in [0.29, 0.717) is 12.1 Å². The largest absolute Gasteiger partial charge is 0.416 e. The predicted molar refractivity (Wildman–Crippen MR) is 133 cm³/mol. The van der Waals surface area contributed by atoms with Crippen molar-refractivity contribution in [2.75, 3.05) is 13.1 Å². The molecule has 2 rings (SSSR count). The van der Waals surface area contributed by atoms with Crippen molar-refractivity contribution in [2.24, 2.45) is 11.8 Å². The number of nitrogens with zero attached hydrogens (tertiary/aromatic N) is 2. The normalized spacial score (nSPS) is 13.3. The van der Waals surface area contributed by atoms with Crippen molar-refractivity contribution < 1.29 is 45.8 Å². The lowest BCUT2D eigenvalue weighted by atomic mass is 9.95. The molecule has 2 unspecified atom stereocenters. The van der Waals surface area contributed by atoms with Gasteiger partial charge in [-0.3, -0.25) is 29.8 Å². The number of benzene rings is 2. The van der Waals surface area contributed by atoms with Gasteiger partial charge in [0.25, 0.3) is 11.4 Å². The standard InChI is InChI=1S/C25H26F6N4O6/c1-14(7-16-3-5-18(34(38)39)9-20(16)24(26,27)28)12-32-22(36)11-23(37)33-13-15(2)8-17-4-6-19(35(40)41)10-21(17)25(29,30)31/h3-6,9-10,14-15H,7-8,11-13H2,1-2H3,(H,32,36)(H,33,37). The van der Waals surface area contributed by atoms with Crippen LogP contribution in [0.15, 0.2) is 36.4 Å². The Labute approximate surface area is 229 Å². The molecule has 0 radical (unpaired) electrons. The highest BCUT2D eigenvalue weighted by molar-refractivity contribution is 5.96. The van der Waals surface area contributed by atoms with Crippen molar-refractivity contribution in [3.63, 3.8) is 0 Å². The molecule has 2 amide bonds. The van der Waals surface area contributed by atoms with E-state index >= 15 is 0 Å². The van der Waals surface area contributed by atoms with Gasteiger partial charge in [0.2, 0.25) is 11.8 Å². The molecule has 2 aromatic carbocycles. The molecule has 0 saturated carbocycles. The highest BCUT2D eigenvalue weighted by Crippen LogP contribution is 2.36. The van der Waals surface area contributed by atoms with E-state index in [-0.39, 0.29) is 37.1 Å². The van der Waals surface area contributed by atoms with Crippen LogP contribution in [0.5, 0.6) is 0 Å². The second kappa shape index (κ2) is 13.4. The molecule has 0 heterocycles. The third kappa shape index (κ3) is 10.0. The predicted octanol–water partition coefficient (Wildman–Crippen LogP) is 5.22. The van der Waals surface area contributed by atoms with Crippen LogP contribution in [0, 0.1) is 32.1 Å². The Morgan fingerprint density at radius 1 is 0.732 bits per heavy atom. The van der Waals surface area contributed by atoms with Crippen LogP contribution in [0.3, 0.4) is 0 Å². The number of nitro benzene ring substituents is 2. The first-order valence-electron chi connectivity index (χ1n) is 12.1. The van der Waals surface area contributed by atoms with Crippen LogP contribution in [0.1, 0.15) is 42.5 Å². The van der Waals surface area contributed by atoms with E-state index in [1.54, 1.807) is 0 Å². The number of halogens is 6. The van der Waals surface area contributed by atoms with Crippen LogP contribution >= 0.6 is 0 Å². The molecule has 0 aliphatic carbocycles. The second-order valence-corrected chi connectivity index (χ2v) is 9.60. The lowest BCUT2D eigenvalue weighted by Gasteiger charge is -2.18. The van der Waals surface area contributed by atoms with Crippen molar-refractivity contribution >= 4 is 23.2 Å². The summed E-state index contributed by atoms with van der Waals surface area (Å²) in [5.41, 5.74) is -4.13. The Morgan fingerprint density at radius 3 is 1.37 bits per heavy atom. The van der Waals surface area contributed by atoms with Crippen molar-refractivity contribution in [3.05, 3.63) is 78.9 Å². The number of hydrogen-bond donors (Lipinski definition) is 2. The quantitative estimate of drug-likeness (QED) is 0.150. The third-order valence-corrected chi connectivity index (χ3v) is 5.97. The molecular formula is C25H26F6N4O6. The van der Waals surface area contributed by atoms with Gasteiger partial charge in [0.05, 0.1) is 21.0 Å². The first-order chi connectivity index (χ1) is 18.9. The SMILES string of the molecule is CC(CNC(=O)CC(=O)NCC(C)Cc1ccc([N+](=O)[O-])cc1C(F)(F)F)Cc1ccc([N+](=O)[O-])cc1C(F)(F)F. The second-order valence-electron chi connectivity index (χ2n) is 9.60. The highest BCUT2D eigenvalue weighted by Gasteiger charge is 2.36. The summed E-state index contributed by atoms with van der Waals surface area (Å²) in [6.45, 7) is 2.88. The van der Waals surface area contributed by atoms with E-state index in [4.69, 9.17) is 0 Å². The van der Waals surface area contributed by atoms with E-state index in [1.807, 2.05) is 0 Å². The molecule has 0 bridgehead atoms. The zero-order valence-corrected chi connectivity index (χ0v) is 21.8. The van der Waals surface area contributed by atoms with Crippen LogP contribution in [0.2, 0.25) is 0 Å². The molecule has 0 fully saturated rings. The number of alkyl halides is 6. The van der Waals surface area contributed by atoms with Crippen molar-refractivity contribution in [2.45, 2.75) is 45.5 Å². The minimum absolute atomic E-state index is 0.100. The number of carbonyl (C=O) groups is 2. The smallest absolute Gasteiger partial charge is 0.355 e. The molecule has 41 heavy (non-hydrogen) atoms. The average Bonchev–Trinajstić information content (AvgIpc) is 2.85. The average molecular weight is 592 g/mol. The number of hydrogen-bond acceptors (Lipinski definition) is 6. The topological polar surface area (TPSA) is 144 Å². The molecule has 10 nitrogen and oxygen atoms in total.